The van der Waals surface area contributed by atoms with Crippen LogP contribution in [0.25, 0.3) is 0 Å². The fourth-order valence-corrected chi connectivity index (χ4v) is 2.35. The van der Waals surface area contributed by atoms with Crippen molar-refractivity contribution in [2.45, 2.75) is 25.9 Å². The minimum Gasteiger partial charge on any atom is -0.399 e. The Morgan fingerprint density at radius 2 is 2.35 bits per heavy atom. The fraction of sp³-hybridized carbons (Fsp3) is 0.308. The molecule has 1 aliphatic rings. The van der Waals surface area contributed by atoms with Crippen LogP contribution in [0.2, 0.25) is 0 Å². The van der Waals surface area contributed by atoms with Crippen molar-refractivity contribution in [2.75, 3.05) is 11.1 Å². The van der Waals surface area contributed by atoms with Crippen LogP contribution in [0.5, 0.6) is 0 Å². The summed E-state index contributed by atoms with van der Waals surface area (Å²) in [5.41, 5.74) is 8.92. The smallest absolute Gasteiger partial charge is 0.203 e. The zero-order chi connectivity index (χ0) is 11.8. The van der Waals surface area contributed by atoms with Gasteiger partial charge in [-0.2, -0.15) is 0 Å². The second-order valence-electron chi connectivity index (χ2n) is 4.56. The lowest BCUT2D eigenvalue weighted by Crippen LogP contribution is -2.21. The minimum atomic E-state index is 0.313. The predicted molar refractivity (Wildman–Crippen MR) is 68.8 cm³/mol. The quantitative estimate of drug-likeness (QED) is 0.736. The highest BCUT2D eigenvalue weighted by Crippen LogP contribution is 2.28. The van der Waals surface area contributed by atoms with Gasteiger partial charge in [-0.05, 0) is 31.0 Å². The maximum Gasteiger partial charge on any atom is 0.203 e. The number of nitrogen functional groups attached to an aromatic ring is 1. The molecule has 1 atom stereocenters. The number of benzene rings is 1. The highest BCUT2D eigenvalue weighted by molar-refractivity contribution is 5.44. The molecular weight excluding hydrogens is 212 g/mol. The topological polar surface area (TPSA) is 55.9 Å². The molecule has 2 aromatic rings. The Labute approximate surface area is 100 Å². The number of aromatic nitrogens is 2. The van der Waals surface area contributed by atoms with Crippen LogP contribution in [0, 0.1) is 6.92 Å². The lowest BCUT2D eigenvalue weighted by Gasteiger charge is -2.25. The van der Waals surface area contributed by atoms with Gasteiger partial charge >= 0.3 is 0 Å². The van der Waals surface area contributed by atoms with Gasteiger partial charge in [-0.1, -0.05) is 12.1 Å². The van der Waals surface area contributed by atoms with E-state index in [1.165, 1.54) is 5.56 Å². The molecule has 0 aliphatic carbocycles. The number of hydrogen-bond donors (Lipinski definition) is 2. The van der Waals surface area contributed by atoms with E-state index in [0.717, 1.165) is 30.3 Å². The van der Waals surface area contributed by atoms with Gasteiger partial charge < -0.3 is 15.6 Å². The number of fused-ring (bicyclic) bond motifs is 1. The van der Waals surface area contributed by atoms with Gasteiger partial charge in [0.05, 0.1) is 11.7 Å². The van der Waals surface area contributed by atoms with Crippen molar-refractivity contribution < 1.29 is 0 Å². The standard InChI is InChI=1S/C13H16N4/c1-9-8-17-6-5-12(16-13(17)15-9)10-3-2-4-11(14)7-10/h2-4,7-8,12H,5-6,14H2,1H3,(H,15,16). The van der Waals surface area contributed by atoms with Gasteiger partial charge in [0.1, 0.15) is 0 Å². The highest BCUT2D eigenvalue weighted by Gasteiger charge is 2.20. The number of anilines is 2. The van der Waals surface area contributed by atoms with E-state index in [1.807, 2.05) is 25.1 Å². The van der Waals surface area contributed by atoms with Gasteiger partial charge in [-0.25, -0.2) is 4.98 Å². The average molecular weight is 228 g/mol. The Morgan fingerprint density at radius 3 is 3.18 bits per heavy atom. The minimum absolute atomic E-state index is 0.313. The first-order valence-electron chi connectivity index (χ1n) is 5.88. The molecule has 0 radical (unpaired) electrons. The summed E-state index contributed by atoms with van der Waals surface area (Å²) in [4.78, 5) is 4.47. The Balaban J connectivity index is 1.88. The SMILES string of the molecule is Cc1cn2c(n1)NC(c1cccc(N)c1)CC2. The van der Waals surface area contributed by atoms with Crippen molar-refractivity contribution in [3.63, 3.8) is 0 Å². The highest BCUT2D eigenvalue weighted by atomic mass is 15.2. The molecule has 1 aromatic carbocycles. The Kier molecular flexibility index (Phi) is 2.28. The molecule has 3 N–H and O–H groups in total. The summed E-state index contributed by atoms with van der Waals surface area (Å²) < 4.78 is 2.16. The Hall–Kier alpha value is -1.97. The molecule has 1 unspecified atom stereocenters. The molecule has 0 bridgehead atoms. The van der Waals surface area contributed by atoms with Gasteiger partial charge in [0, 0.05) is 18.4 Å². The summed E-state index contributed by atoms with van der Waals surface area (Å²) >= 11 is 0. The summed E-state index contributed by atoms with van der Waals surface area (Å²) in [5.74, 6) is 0.959. The maximum absolute atomic E-state index is 5.82. The molecule has 17 heavy (non-hydrogen) atoms. The van der Waals surface area contributed by atoms with Gasteiger partial charge in [0.2, 0.25) is 5.95 Å². The largest absolute Gasteiger partial charge is 0.399 e. The summed E-state index contributed by atoms with van der Waals surface area (Å²) in [5, 5.41) is 3.46. The van der Waals surface area contributed by atoms with E-state index in [2.05, 4.69) is 27.1 Å². The van der Waals surface area contributed by atoms with E-state index >= 15 is 0 Å². The molecule has 4 heteroatoms. The number of imidazole rings is 1. The van der Waals surface area contributed by atoms with E-state index < -0.39 is 0 Å². The van der Waals surface area contributed by atoms with Gasteiger partial charge in [0.15, 0.2) is 0 Å². The molecular formula is C13H16N4. The van der Waals surface area contributed by atoms with Crippen molar-refractivity contribution in [3.05, 3.63) is 41.7 Å². The number of nitrogens with two attached hydrogens (primary N) is 1. The van der Waals surface area contributed by atoms with E-state index in [1.54, 1.807) is 0 Å². The number of nitrogens with one attached hydrogen (secondary N) is 1. The number of nitrogens with zero attached hydrogens (tertiary/aromatic N) is 2. The van der Waals surface area contributed by atoms with Gasteiger partial charge in [0.25, 0.3) is 0 Å². The average Bonchev–Trinajstić information content (AvgIpc) is 2.68. The molecule has 0 saturated carbocycles. The molecule has 2 heterocycles. The first kappa shape index (κ1) is 10.2. The second-order valence-corrected chi connectivity index (χ2v) is 4.56. The van der Waals surface area contributed by atoms with Crippen LogP contribution in [0.15, 0.2) is 30.5 Å². The lowest BCUT2D eigenvalue weighted by molar-refractivity contribution is 0.542. The summed E-state index contributed by atoms with van der Waals surface area (Å²) in [6.07, 6.45) is 3.14. The zero-order valence-corrected chi connectivity index (χ0v) is 9.85. The lowest BCUT2D eigenvalue weighted by atomic mass is 10.0. The molecule has 1 aliphatic heterocycles. The first-order chi connectivity index (χ1) is 8.22. The number of hydrogen-bond acceptors (Lipinski definition) is 3. The third kappa shape index (κ3) is 1.86. The molecule has 0 fully saturated rings. The summed E-state index contributed by atoms with van der Waals surface area (Å²) in [6, 6.07) is 8.37. The Bertz CT molecular complexity index is 544. The number of aryl methyl sites for hydroxylation is 2. The summed E-state index contributed by atoms with van der Waals surface area (Å²) in [6.45, 7) is 3.02. The van der Waals surface area contributed by atoms with Crippen LogP contribution < -0.4 is 11.1 Å². The van der Waals surface area contributed by atoms with Crippen LogP contribution in [0.4, 0.5) is 11.6 Å². The Morgan fingerprint density at radius 1 is 1.47 bits per heavy atom. The molecule has 0 spiro atoms. The number of rotatable bonds is 1. The summed E-state index contributed by atoms with van der Waals surface area (Å²) in [7, 11) is 0. The molecule has 3 rings (SSSR count). The molecule has 0 amide bonds. The van der Waals surface area contributed by atoms with E-state index in [4.69, 9.17) is 5.73 Å². The molecule has 0 saturated heterocycles. The first-order valence-corrected chi connectivity index (χ1v) is 5.88. The van der Waals surface area contributed by atoms with Crippen molar-refractivity contribution >= 4 is 11.6 Å². The molecule has 4 nitrogen and oxygen atoms in total. The van der Waals surface area contributed by atoms with Crippen LogP contribution in [-0.4, -0.2) is 9.55 Å². The monoisotopic (exact) mass is 228 g/mol. The van der Waals surface area contributed by atoms with Crippen molar-refractivity contribution in [2.24, 2.45) is 0 Å². The van der Waals surface area contributed by atoms with Crippen LogP contribution in [0.1, 0.15) is 23.7 Å². The van der Waals surface area contributed by atoms with Gasteiger partial charge in [-0.15, -0.1) is 0 Å². The maximum atomic E-state index is 5.82. The van der Waals surface area contributed by atoms with E-state index in [-0.39, 0.29) is 0 Å². The van der Waals surface area contributed by atoms with Crippen molar-refractivity contribution in [1.29, 1.82) is 0 Å². The van der Waals surface area contributed by atoms with Gasteiger partial charge in [-0.3, -0.25) is 0 Å². The normalized spacial score (nSPS) is 18.5. The van der Waals surface area contributed by atoms with E-state index in [0.29, 0.717) is 6.04 Å². The molecule has 88 valence electrons. The van der Waals surface area contributed by atoms with Crippen LogP contribution in [-0.2, 0) is 6.54 Å². The predicted octanol–water partition coefficient (Wildman–Crippen LogP) is 2.33. The van der Waals surface area contributed by atoms with E-state index in [9.17, 15) is 0 Å². The second kappa shape index (κ2) is 3.80. The molecule has 1 aromatic heterocycles. The van der Waals surface area contributed by atoms with Crippen LogP contribution >= 0.6 is 0 Å². The third-order valence-corrected chi connectivity index (χ3v) is 3.17. The fourth-order valence-electron chi connectivity index (χ4n) is 2.35. The van der Waals surface area contributed by atoms with Crippen LogP contribution in [0.3, 0.4) is 0 Å². The third-order valence-electron chi connectivity index (χ3n) is 3.17. The van der Waals surface area contributed by atoms with Crippen molar-refractivity contribution in [3.8, 4) is 0 Å². The van der Waals surface area contributed by atoms with Crippen molar-refractivity contribution in [1.82, 2.24) is 9.55 Å². The zero-order valence-electron chi connectivity index (χ0n) is 9.85.